The number of fused-ring (bicyclic) bond motifs is 1. The van der Waals surface area contributed by atoms with E-state index in [-0.39, 0.29) is 5.56 Å². The van der Waals surface area contributed by atoms with Crippen molar-refractivity contribution in [1.82, 2.24) is 15.0 Å². The van der Waals surface area contributed by atoms with Gasteiger partial charge in [-0.05, 0) is 47.3 Å². The minimum absolute atomic E-state index is 0.126. The van der Waals surface area contributed by atoms with Crippen LogP contribution in [0, 0.1) is 6.08 Å². The Morgan fingerprint density at radius 3 is 1.81 bits per heavy atom. The van der Waals surface area contributed by atoms with Gasteiger partial charge in [-0.2, -0.15) is 56.4 Å². The highest BCUT2D eigenvalue weighted by Crippen LogP contribution is 2.44. The summed E-state index contributed by atoms with van der Waals surface area (Å²) >= 11 is 0. The van der Waals surface area contributed by atoms with Gasteiger partial charge in [0.25, 0.3) is 40.5 Å². The summed E-state index contributed by atoms with van der Waals surface area (Å²) in [5.74, 6) is -4.54. The summed E-state index contributed by atoms with van der Waals surface area (Å²) < 4.78 is 210. The average Bonchev–Trinajstić information content (AvgIpc) is 3.09. The second-order valence-electron chi connectivity index (χ2n) is 12.4. The van der Waals surface area contributed by atoms with Gasteiger partial charge in [-0.25, -0.2) is 17.6 Å². The number of phenolic OH excluding ortho intramolecular Hbond substituents is 2. The molecule has 1 heterocycles. The van der Waals surface area contributed by atoms with E-state index in [1.807, 2.05) is 0 Å². The number of nitrogens with zero attached hydrogens (tertiary/aromatic N) is 5. The van der Waals surface area contributed by atoms with E-state index in [0.717, 1.165) is 18.2 Å². The van der Waals surface area contributed by atoms with Crippen LogP contribution in [0.15, 0.2) is 83.2 Å². The lowest BCUT2D eigenvalue weighted by Gasteiger charge is -2.13. The monoisotopic (exact) mass is 988 g/mol. The second kappa shape index (κ2) is 16.7. The number of azo groups is 1. The fourth-order valence-corrected chi connectivity index (χ4v) is 9.60. The minimum Gasteiger partial charge on any atom is -0.507 e. The van der Waals surface area contributed by atoms with E-state index in [1.165, 1.54) is 0 Å². The second-order valence-corrected chi connectivity index (χ2v) is 21.2. The number of sulfone groups is 1. The van der Waals surface area contributed by atoms with Gasteiger partial charge in [-0.1, -0.05) is 6.07 Å². The minimum atomic E-state index is -5.37. The molecule has 0 aliphatic heterocycles. The van der Waals surface area contributed by atoms with E-state index in [9.17, 15) is 83.3 Å². The number of anilines is 1. The van der Waals surface area contributed by atoms with Gasteiger partial charge in [-0.15, -0.1) is 10.2 Å². The van der Waals surface area contributed by atoms with Crippen molar-refractivity contribution in [3.8, 4) is 11.5 Å². The summed E-state index contributed by atoms with van der Waals surface area (Å²) in [7, 11) is -30.6. The number of hydrogen-bond acceptors (Lipinski definition) is 21. The molecule has 5 rings (SSSR count). The first kappa shape index (κ1) is 47.6. The molecule has 5 aromatic rings. The van der Waals surface area contributed by atoms with Gasteiger partial charge in [-0.3, -0.25) is 22.8 Å². The molecule has 33 heteroatoms. The van der Waals surface area contributed by atoms with Crippen molar-refractivity contribution in [2.75, 3.05) is 18.1 Å². The lowest BCUT2D eigenvalue weighted by Crippen LogP contribution is -2.16. The van der Waals surface area contributed by atoms with Crippen molar-refractivity contribution in [2.45, 2.75) is 37.3 Å². The SMILES string of the molecule is Nc1c(S(=O)(=O)O)cc2cc(S(=O)(=O)O)cc(O)c2c1N=Nc1ccc(Cc2nc(F)nc(Cc3cc(S(=O)(=O)CCOS(=O)(=O)O)cc(S(=O)(=O)O)c3O)n2)cc1S(=O)(=O)O. The molecule has 0 fully saturated rings. The van der Waals surface area contributed by atoms with Crippen LogP contribution in [0.2, 0.25) is 0 Å². The third-order valence-corrected chi connectivity index (χ3v) is 13.7. The van der Waals surface area contributed by atoms with Crippen LogP contribution < -0.4 is 5.73 Å². The Labute approximate surface area is 348 Å². The molecule has 26 nitrogen and oxygen atoms in total. The topological polar surface area (TPSA) is 445 Å². The number of rotatable bonds is 15. The van der Waals surface area contributed by atoms with Crippen LogP contribution in [0.4, 0.5) is 21.5 Å². The average molecular weight is 989 g/mol. The Hall–Kier alpha value is -5.46. The van der Waals surface area contributed by atoms with E-state index in [2.05, 4.69) is 29.4 Å². The van der Waals surface area contributed by atoms with Crippen molar-refractivity contribution in [1.29, 1.82) is 0 Å². The van der Waals surface area contributed by atoms with Crippen molar-refractivity contribution in [3.05, 3.63) is 77.4 Å². The zero-order valence-electron chi connectivity index (χ0n) is 30.0. The van der Waals surface area contributed by atoms with Crippen molar-refractivity contribution >= 4 is 88.5 Å². The first-order valence-electron chi connectivity index (χ1n) is 15.9. The first-order valence-corrected chi connectivity index (χ1v) is 24.7. The van der Waals surface area contributed by atoms with E-state index >= 15 is 0 Å². The van der Waals surface area contributed by atoms with Crippen LogP contribution in [0.3, 0.4) is 0 Å². The summed E-state index contributed by atoms with van der Waals surface area (Å²) in [4.78, 5) is 5.48. The Morgan fingerprint density at radius 1 is 0.645 bits per heavy atom. The van der Waals surface area contributed by atoms with E-state index in [1.54, 1.807) is 0 Å². The number of nitrogens with two attached hydrogens (primary N) is 1. The maximum atomic E-state index is 14.7. The molecular formula is C29H25FN6O20S6. The first-order chi connectivity index (χ1) is 28.2. The molecule has 9 N–H and O–H groups in total. The molecular weight excluding hydrogens is 964 g/mol. The molecule has 0 unspecified atom stereocenters. The summed E-state index contributed by atoms with van der Waals surface area (Å²) in [5, 5.41) is 27.6. The Kier molecular flexibility index (Phi) is 12.8. The summed E-state index contributed by atoms with van der Waals surface area (Å²) in [5.41, 5.74) is 2.73. The Balaban J connectivity index is 1.54. The van der Waals surface area contributed by atoms with Gasteiger partial charge in [0, 0.05) is 24.5 Å². The number of nitrogen functional groups attached to an aromatic ring is 1. The highest BCUT2D eigenvalue weighted by Gasteiger charge is 2.28. The maximum absolute atomic E-state index is 14.7. The van der Waals surface area contributed by atoms with Crippen LogP contribution in [0.1, 0.15) is 22.8 Å². The lowest BCUT2D eigenvalue weighted by atomic mass is 10.1. The lowest BCUT2D eigenvalue weighted by molar-refractivity contribution is 0.284. The maximum Gasteiger partial charge on any atom is 0.397 e. The van der Waals surface area contributed by atoms with Crippen molar-refractivity contribution in [3.63, 3.8) is 0 Å². The molecule has 0 radical (unpaired) electrons. The molecule has 0 aliphatic carbocycles. The van der Waals surface area contributed by atoms with Gasteiger partial charge in [0.05, 0.1) is 33.2 Å². The molecule has 334 valence electrons. The number of aromatic hydroxyl groups is 2. The van der Waals surface area contributed by atoms with Crippen LogP contribution >= 0.6 is 0 Å². The standard InChI is InChI=1S/C29H25FN6O20S6/c30-29-33-23(32-24(34-29)10-15-8-16(12-22(28(15)38)61(50,51)52)57(39,40)4-3-56-62(53,54)55)6-13-1-2-18(20(5-13)59(44,45)46)35-36-27-25-14(9-21(26(27)31)60(47,48)49)7-17(11-19(25)37)58(41,42)43/h1-2,5,7-9,11-12,37-38H,3-4,6,10,31H2,(H,41,42,43)(H,44,45,46)(H,47,48,49)(H,50,51,52)(H,53,54,55). The highest BCUT2D eigenvalue weighted by atomic mass is 32.3. The Bertz CT molecular complexity index is 3430. The summed E-state index contributed by atoms with van der Waals surface area (Å²) in [6, 6.07) is 5.51. The molecule has 4 aromatic carbocycles. The number of halogens is 1. The molecule has 0 spiro atoms. The number of aromatic nitrogens is 3. The Morgan fingerprint density at radius 2 is 1.24 bits per heavy atom. The van der Waals surface area contributed by atoms with Gasteiger partial charge in [0.2, 0.25) is 0 Å². The zero-order valence-corrected chi connectivity index (χ0v) is 34.9. The number of hydrogen-bond donors (Lipinski definition) is 8. The van der Waals surface area contributed by atoms with E-state index < -0.39 is 173 Å². The summed E-state index contributed by atoms with van der Waals surface area (Å²) in [6.45, 7) is -1.16. The predicted octanol–water partition coefficient (Wildman–Crippen LogP) is 1.33. The zero-order chi connectivity index (χ0) is 46.5. The van der Waals surface area contributed by atoms with Crippen LogP contribution in [0.5, 0.6) is 11.5 Å². The van der Waals surface area contributed by atoms with Gasteiger partial charge >= 0.3 is 16.5 Å². The largest absolute Gasteiger partial charge is 0.507 e. The number of benzene rings is 4. The third-order valence-electron chi connectivity index (χ3n) is 8.06. The fraction of sp³-hybridized carbons (Fsp3) is 0.138. The molecule has 1 aromatic heterocycles. The number of phenols is 2. The quantitative estimate of drug-likeness (QED) is 0.0416. The van der Waals surface area contributed by atoms with Crippen LogP contribution in [-0.2, 0) is 77.7 Å². The van der Waals surface area contributed by atoms with Gasteiger partial charge in [0.15, 0.2) is 9.84 Å². The van der Waals surface area contributed by atoms with E-state index in [4.69, 9.17) is 10.3 Å². The molecule has 0 saturated carbocycles. The van der Waals surface area contributed by atoms with Crippen molar-refractivity contribution < 1.29 is 92.1 Å². The van der Waals surface area contributed by atoms with Crippen molar-refractivity contribution in [2.24, 2.45) is 10.2 Å². The molecule has 0 aliphatic rings. The predicted molar refractivity (Wildman–Crippen MR) is 203 cm³/mol. The highest BCUT2D eigenvalue weighted by molar-refractivity contribution is 7.91. The molecule has 0 amide bonds. The van der Waals surface area contributed by atoms with Gasteiger partial charge < -0.3 is 15.9 Å². The normalized spacial score (nSPS) is 13.3. The molecule has 62 heavy (non-hydrogen) atoms. The van der Waals surface area contributed by atoms with E-state index in [0.29, 0.717) is 30.3 Å². The van der Waals surface area contributed by atoms with Crippen LogP contribution in [-0.4, -0.2) is 111 Å². The summed E-state index contributed by atoms with van der Waals surface area (Å²) in [6.07, 6.45) is -3.01. The smallest absolute Gasteiger partial charge is 0.397 e. The van der Waals surface area contributed by atoms with Gasteiger partial charge in [0.1, 0.15) is 49.2 Å². The van der Waals surface area contributed by atoms with Crippen LogP contribution in [0.25, 0.3) is 10.8 Å². The third kappa shape index (κ3) is 11.1. The molecule has 0 bridgehead atoms. The molecule has 0 saturated heterocycles. The molecule has 0 atom stereocenters. The fourth-order valence-electron chi connectivity index (χ4n) is 5.46.